The van der Waals surface area contributed by atoms with Gasteiger partial charge in [-0.05, 0) is 129 Å². The summed E-state index contributed by atoms with van der Waals surface area (Å²) in [5, 5.41) is 1.01. The van der Waals surface area contributed by atoms with Crippen LogP contribution in [-0.4, -0.2) is 14.5 Å². The van der Waals surface area contributed by atoms with Crippen LogP contribution in [0.3, 0.4) is 0 Å². The van der Waals surface area contributed by atoms with Gasteiger partial charge in [0, 0.05) is 28.3 Å². The molecule has 0 aliphatic carbocycles. The molecule has 0 spiro atoms. The van der Waals surface area contributed by atoms with Crippen LogP contribution in [0.5, 0.6) is 11.5 Å². The van der Waals surface area contributed by atoms with Gasteiger partial charge in [-0.2, -0.15) is 0 Å². The lowest BCUT2D eigenvalue weighted by molar-refractivity contribution is 0.483. The van der Waals surface area contributed by atoms with Crippen LogP contribution in [0.15, 0.2) is 180 Å². The van der Waals surface area contributed by atoms with Crippen molar-refractivity contribution < 1.29 is 9.15 Å². The summed E-state index contributed by atoms with van der Waals surface area (Å²) in [5.74, 6) is 4.26. The van der Waals surface area contributed by atoms with Gasteiger partial charge in [-0.3, -0.25) is 9.55 Å². The van der Waals surface area contributed by atoms with Gasteiger partial charge in [0.1, 0.15) is 28.8 Å². The standard InChI is InChI=1S/C62H57N3O2/c1-38(2)51-33-47(42-19-11-9-12-20-42)34-52(39(3)4)58(51)57-37-45-29-30-63-59(61(45)67-57)44-23-17-25-49(31-44)66-50-26-18-24-46(32-50)62-64-55-27-15-16-28-56(55)65(62)60-53(40(5)6)35-48(36-54(60)41(7)8)43-21-13-10-14-22-43/h9-41H,1-8H3. The summed E-state index contributed by atoms with van der Waals surface area (Å²) in [4.78, 5) is 10.2. The maximum Gasteiger partial charge on any atom is 0.161 e. The van der Waals surface area contributed by atoms with Crippen LogP contribution >= 0.6 is 0 Å². The van der Waals surface area contributed by atoms with E-state index in [1.807, 2.05) is 30.5 Å². The number of pyridine rings is 1. The summed E-state index contributed by atoms with van der Waals surface area (Å²) >= 11 is 0. The van der Waals surface area contributed by atoms with E-state index in [4.69, 9.17) is 19.1 Å². The van der Waals surface area contributed by atoms with E-state index in [2.05, 4.69) is 206 Å². The highest BCUT2D eigenvalue weighted by molar-refractivity contribution is 5.94. The van der Waals surface area contributed by atoms with Gasteiger partial charge in [0.15, 0.2) is 5.58 Å². The van der Waals surface area contributed by atoms with Crippen LogP contribution in [0.2, 0.25) is 0 Å². The maximum absolute atomic E-state index is 6.92. The van der Waals surface area contributed by atoms with Crippen molar-refractivity contribution in [3.63, 3.8) is 0 Å². The second-order valence-corrected chi connectivity index (χ2v) is 19.0. The van der Waals surface area contributed by atoms with Crippen molar-refractivity contribution in [2.24, 2.45) is 0 Å². The highest BCUT2D eigenvalue weighted by Crippen LogP contribution is 2.44. The van der Waals surface area contributed by atoms with Crippen molar-refractivity contribution in [3.05, 3.63) is 198 Å². The summed E-state index contributed by atoms with van der Waals surface area (Å²) in [6.07, 6.45) is 1.87. The molecule has 0 radical (unpaired) electrons. The van der Waals surface area contributed by atoms with Gasteiger partial charge < -0.3 is 9.15 Å². The van der Waals surface area contributed by atoms with Crippen molar-refractivity contribution in [1.29, 1.82) is 0 Å². The smallest absolute Gasteiger partial charge is 0.161 e. The summed E-state index contributed by atoms with van der Waals surface area (Å²) in [7, 11) is 0. The molecule has 10 rings (SSSR count). The van der Waals surface area contributed by atoms with Gasteiger partial charge in [0.2, 0.25) is 0 Å². The molecule has 0 aliphatic heterocycles. The molecule has 5 nitrogen and oxygen atoms in total. The molecular weight excluding hydrogens is 819 g/mol. The van der Waals surface area contributed by atoms with Crippen molar-refractivity contribution in [2.75, 3.05) is 0 Å². The lowest BCUT2D eigenvalue weighted by Gasteiger charge is -2.24. The predicted octanol–water partition coefficient (Wildman–Crippen LogP) is 17.8. The van der Waals surface area contributed by atoms with Gasteiger partial charge in [0.05, 0.1) is 16.7 Å². The van der Waals surface area contributed by atoms with Crippen molar-refractivity contribution >= 4 is 22.0 Å². The Balaban J connectivity index is 1.03. The number of aromatic nitrogens is 3. The zero-order valence-electron chi connectivity index (χ0n) is 39.7. The summed E-state index contributed by atoms with van der Waals surface area (Å²) in [6, 6.07) is 59.9. The lowest BCUT2D eigenvalue weighted by atomic mass is 9.84. The fraction of sp³-hybridized carbons (Fsp3) is 0.194. The van der Waals surface area contributed by atoms with E-state index in [1.165, 1.54) is 55.8 Å². The predicted molar refractivity (Wildman–Crippen MR) is 279 cm³/mol. The monoisotopic (exact) mass is 875 g/mol. The molecule has 0 amide bonds. The third-order valence-corrected chi connectivity index (χ3v) is 13.0. The van der Waals surface area contributed by atoms with Gasteiger partial charge in [-0.1, -0.05) is 165 Å². The van der Waals surface area contributed by atoms with Crippen LogP contribution in [-0.2, 0) is 0 Å². The first-order valence-corrected chi connectivity index (χ1v) is 23.7. The summed E-state index contributed by atoms with van der Waals surface area (Å²) in [5.41, 5.74) is 17.8. The Morgan fingerprint density at radius 2 is 0.970 bits per heavy atom. The molecule has 67 heavy (non-hydrogen) atoms. The van der Waals surface area contributed by atoms with Crippen LogP contribution in [0, 0.1) is 0 Å². The molecule has 0 saturated heterocycles. The maximum atomic E-state index is 6.92. The SMILES string of the molecule is CC(C)c1cc(-c2ccccc2)cc(C(C)C)c1-c1cc2ccnc(-c3cccc(Oc4cccc(-c5nc6ccccc6n5-c5c(C(C)C)cc(-c6ccccc6)cc5C(C)C)c4)c3)c2o1. The topological polar surface area (TPSA) is 53.1 Å². The Labute approximate surface area is 394 Å². The number of hydrogen-bond donors (Lipinski definition) is 0. The molecule has 0 fully saturated rings. The van der Waals surface area contributed by atoms with Crippen molar-refractivity contribution in [2.45, 2.75) is 79.1 Å². The first-order valence-electron chi connectivity index (χ1n) is 23.7. The highest BCUT2D eigenvalue weighted by Gasteiger charge is 2.25. The third-order valence-electron chi connectivity index (χ3n) is 13.0. The molecule has 3 aromatic heterocycles. The van der Waals surface area contributed by atoms with Gasteiger partial charge >= 0.3 is 0 Å². The fourth-order valence-corrected chi connectivity index (χ4v) is 9.58. The molecule has 0 saturated carbocycles. The Hall–Kier alpha value is -7.50. The molecule has 0 N–H and O–H groups in total. The van der Waals surface area contributed by atoms with Gasteiger partial charge in [0.25, 0.3) is 0 Å². The van der Waals surface area contributed by atoms with E-state index in [0.29, 0.717) is 11.5 Å². The zero-order valence-corrected chi connectivity index (χ0v) is 39.7. The molecule has 0 atom stereocenters. The molecule has 5 heteroatoms. The van der Waals surface area contributed by atoms with Gasteiger partial charge in [-0.25, -0.2) is 4.98 Å². The van der Waals surface area contributed by atoms with E-state index in [0.717, 1.165) is 50.4 Å². The van der Waals surface area contributed by atoms with Crippen LogP contribution in [0.4, 0.5) is 0 Å². The number of rotatable bonds is 12. The minimum atomic E-state index is 0.265. The van der Waals surface area contributed by atoms with Crippen LogP contribution < -0.4 is 4.74 Å². The Bertz CT molecular complexity index is 3330. The average molecular weight is 876 g/mol. The molecule has 3 heterocycles. The summed E-state index contributed by atoms with van der Waals surface area (Å²) in [6.45, 7) is 18.2. The number of hydrogen-bond acceptors (Lipinski definition) is 4. The van der Waals surface area contributed by atoms with Crippen LogP contribution in [0.25, 0.3) is 83.9 Å². The normalized spacial score (nSPS) is 11.8. The van der Waals surface area contributed by atoms with Crippen molar-refractivity contribution in [3.8, 4) is 73.4 Å². The third kappa shape index (κ3) is 8.36. The number of furan rings is 1. The first-order chi connectivity index (χ1) is 32.5. The minimum Gasteiger partial charge on any atom is -0.457 e. The van der Waals surface area contributed by atoms with E-state index < -0.39 is 0 Å². The molecule has 10 aromatic rings. The molecule has 0 aliphatic rings. The average Bonchev–Trinajstić information content (AvgIpc) is 3.96. The Kier molecular flexibility index (Phi) is 11.7. The van der Waals surface area contributed by atoms with Gasteiger partial charge in [-0.15, -0.1) is 0 Å². The quantitative estimate of drug-likeness (QED) is 0.123. The summed E-state index contributed by atoms with van der Waals surface area (Å²) < 4.78 is 16.0. The zero-order chi connectivity index (χ0) is 46.3. The molecule has 0 unspecified atom stereocenters. The van der Waals surface area contributed by atoms with E-state index in [-0.39, 0.29) is 23.7 Å². The molecule has 7 aromatic carbocycles. The Morgan fingerprint density at radius 1 is 0.463 bits per heavy atom. The number of nitrogens with zero attached hydrogens (tertiary/aromatic N) is 3. The second-order valence-electron chi connectivity index (χ2n) is 19.0. The number of benzene rings is 7. The number of ether oxygens (including phenoxy) is 1. The van der Waals surface area contributed by atoms with E-state index in [1.54, 1.807) is 0 Å². The minimum absolute atomic E-state index is 0.265. The molecule has 332 valence electrons. The first kappa shape index (κ1) is 43.4. The van der Waals surface area contributed by atoms with Crippen molar-refractivity contribution in [1.82, 2.24) is 14.5 Å². The Morgan fingerprint density at radius 3 is 1.55 bits per heavy atom. The highest BCUT2D eigenvalue weighted by atomic mass is 16.5. The fourth-order valence-electron chi connectivity index (χ4n) is 9.58. The second kappa shape index (κ2) is 18.1. The number of para-hydroxylation sites is 2. The van der Waals surface area contributed by atoms with E-state index in [9.17, 15) is 0 Å². The van der Waals surface area contributed by atoms with Crippen LogP contribution in [0.1, 0.15) is 101 Å². The molecule has 0 bridgehead atoms. The molecular formula is C62H57N3O2. The van der Waals surface area contributed by atoms with E-state index >= 15 is 0 Å². The largest absolute Gasteiger partial charge is 0.457 e. The number of fused-ring (bicyclic) bond motifs is 2. The lowest BCUT2D eigenvalue weighted by Crippen LogP contribution is -2.09. The number of imidazole rings is 1.